The maximum Gasteiger partial charge on any atom is 0.304 e. The average molecular weight is 255 g/mol. The fourth-order valence-electron chi connectivity index (χ4n) is 1.38. The van der Waals surface area contributed by atoms with Crippen molar-refractivity contribution in [2.45, 2.75) is 30.4 Å². The molecule has 1 atom stereocenters. The summed E-state index contributed by atoms with van der Waals surface area (Å²) in [6.07, 6.45) is 0.0705. The lowest BCUT2D eigenvalue weighted by Crippen LogP contribution is -2.05. The summed E-state index contributed by atoms with van der Waals surface area (Å²) in [6.45, 7) is 3.60. The summed E-state index contributed by atoms with van der Waals surface area (Å²) in [5.74, 6) is -0.843. The van der Waals surface area contributed by atoms with E-state index in [4.69, 9.17) is 5.11 Å². The van der Waals surface area contributed by atoms with Gasteiger partial charge in [-0.25, -0.2) is 0 Å². The third kappa shape index (κ3) is 4.07. The summed E-state index contributed by atoms with van der Waals surface area (Å²) in [7, 11) is 0. The van der Waals surface area contributed by atoms with Gasteiger partial charge in [0.05, 0.1) is 11.3 Å². The van der Waals surface area contributed by atoms with E-state index in [0.717, 1.165) is 10.5 Å². The minimum Gasteiger partial charge on any atom is -0.481 e. The SMILES string of the molecule is Cc1cc([N+](=O)[O-])ccc1SC(C)CC(=O)O. The van der Waals surface area contributed by atoms with Crippen molar-refractivity contribution >= 4 is 23.4 Å². The van der Waals surface area contributed by atoms with E-state index in [-0.39, 0.29) is 17.4 Å². The maximum atomic E-state index is 10.6. The molecule has 6 heteroatoms. The van der Waals surface area contributed by atoms with Crippen molar-refractivity contribution in [3.05, 3.63) is 33.9 Å². The number of benzene rings is 1. The van der Waals surface area contributed by atoms with E-state index in [2.05, 4.69) is 0 Å². The molecular formula is C11H13NO4S. The van der Waals surface area contributed by atoms with Crippen LogP contribution in [0.1, 0.15) is 18.9 Å². The van der Waals surface area contributed by atoms with Crippen LogP contribution >= 0.6 is 11.8 Å². The van der Waals surface area contributed by atoms with Gasteiger partial charge in [-0.15, -0.1) is 11.8 Å². The largest absolute Gasteiger partial charge is 0.481 e. The molecular weight excluding hydrogens is 242 g/mol. The Bertz CT molecular complexity index is 447. The maximum absolute atomic E-state index is 10.6. The molecule has 1 unspecified atom stereocenters. The third-order valence-corrected chi connectivity index (χ3v) is 3.44. The van der Waals surface area contributed by atoms with Gasteiger partial charge in [0.15, 0.2) is 0 Å². The predicted molar refractivity (Wildman–Crippen MR) is 65.4 cm³/mol. The summed E-state index contributed by atoms with van der Waals surface area (Å²) >= 11 is 1.42. The first-order valence-electron chi connectivity index (χ1n) is 5.03. The van der Waals surface area contributed by atoms with Crippen LogP contribution in [-0.4, -0.2) is 21.2 Å². The molecule has 1 rings (SSSR count). The van der Waals surface area contributed by atoms with Crippen LogP contribution in [0.25, 0.3) is 0 Å². The van der Waals surface area contributed by atoms with Crippen molar-refractivity contribution in [2.24, 2.45) is 0 Å². The summed E-state index contributed by atoms with van der Waals surface area (Å²) < 4.78 is 0. The Labute approximate surface area is 103 Å². The van der Waals surface area contributed by atoms with Crippen LogP contribution in [0, 0.1) is 17.0 Å². The van der Waals surface area contributed by atoms with E-state index in [9.17, 15) is 14.9 Å². The van der Waals surface area contributed by atoms with Gasteiger partial charge in [0.2, 0.25) is 0 Å². The van der Waals surface area contributed by atoms with Crippen LogP contribution in [0.2, 0.25) is 0 Å². The second-order valence-corrected chi connectivity index (χ2v) is 5.21. The average Bonchev–Trinajstić information content (AvgIpc) is 2.19. The molecule has 0 saturated carbocycles. The van der Waals surface area contributed by atoms with E-state index in [1.165, 1.54) is 23.9 Å². The minimum atomic E-state index is -0.843. The second-order valence-electron chi connectivity index (χ2n) is 3.73. The Morgan fingerprint density at radius 1 is 1.59 bits per heavy atom. The number of carboxylic acid groups (broad SMARTS) is 1. The van der Waals surface area contributed by atoms with E-state index >= 15 is 0 Å². The molecule has 1 aromatic carbocycles. The van der Waals surface area contributed by atoms with Gasteiger partial charge >= 0.3 is 5.97 Å². The second kappa shape index (κ2) is 5.67. The Hall–Kier alpha value is -1.56. The van der Waals surface area contributed by atoms with Crippen molar-refractivity contribution in [3.63, 3.8) is 0 Å². The zero-order valence-electron chi connectivity index (χ0n) is 9.54. The Morgan fingerprint density at radius 3 is 2.71 bits per heavy atom. The number of non-ortho nitro benzene ring substituents is 1. The first kappa shape index (κ1) is 13.5. The fraction of sp³-hybridized carbons (Fsp3) is 0.364. The van der Waals surface area contributed by atoms with E-state index in [1.54, 1.807) is 13.0 Å². The van der Waals surface area contributed by atoms with Crippen LogP contribution in [0.3, 0.4) is 0 Å². The number of aliphatic carboxylic acids is 1. The van der Waals surface area contributed by atoms with Gasteiger partial charge in [-0.05, 0) is 18.6 Å². The summed E-state index contributed by atoms with van der Waals surface area (Å²) in [5.41, 5.74) is 0.846. The molecule has 0 amide bonds. The number of carbonyl (C=O) groups is 1. The Balaban J connectivity index is 2.79. The van der Waals surface area contributed by atoms with Crippen LogP contribution in [0.15, 0.2) is 23.1 Å². The molecule has 0 fully saturated rings. The number of hydrogen-bond acceptors (Lipinski definition) is 4. The lowest BCUT2D eigenvalue weighted by atomic mass is 10.2. The van der Waals surface area contributed by atoms with Gasteiger partial charge in [0.1, 0.15) is 0 Å². The lowest BCUT2D eigenvalue weighted by molar-refractivity contribution is -0.385. The van der Waals surface area contributed by atoms with Gasteiger partial charge in [-0.2, -0.15) is 0 Å². The van der Waals surface area contributed by atoms with Crippen LogP contribution < -0.4 is 0 Å². The van der Waals surface area contributed by atoms with Crippen molar-refractivity contribution < 1.29 is 14.8 Å². The molecule has 0 aromatic heterocycles. The zero-order valence-corrected chi connectivity index (χ0v) is 10.4. The van der Waals surface area contributed by atoms with Gasteiger partial charge < -0.3 is 5.11 Å². The molecule has 92 valence electrons. The quantitative estimate of drug-likeness (QED) is 0.497. The molecule has 17 heavy (non-hydrogen) atoms. The first-order chi connectivity index (χ1) is 7.90. The van der Waals surface area contributed by atoms with Gasteiger partial charge in [0.25, 0.3) is 5.69 Å². The number of nitrogens with zero attached hydrogens (tertiary/aromatic N) is 1. The highest BCUT2D eigenvalue weighted by Crippen LogP contribution is 2.30. The fourth-order valence-corrected chi connectivity index (χ4v) is 2.43. The molecule has 0 aliphatic heterocycles. The highest BCUT2D eigenvalue weighted by molar-refractivity contribution is 8.00. The molecule has 5 nitrogen and oxygen atoms in total. The van der Waals surface area contributed by atoms with E-state index < -0.39 is 10.9 Å². The minimum absolute atomic E-state index is 0.0535. The van der Waals surface area contributed by atoms with Crippen LogP contribution in [-0.2, 0) is 4.79 Å². The van der Waals surface area contributed by atoms with Gasteiger partial charge in [-0.1, -0.05) is 6.92 Å². The van der Waals surface area contributed by atoms with E-state index in [0.29, 0.717) is 0 Å². The topological polar surface area (TPSA) is 80.4 Å². The van der Waals surface area contributed by atoms with Crippen molar-refractivity contribution in [1.82, 2.24) is 0 Å². The van der Waals surface area contributed by atoms with Crippen molar-refractivity contribution in [2.75, 3.05) is 0 Å². The van der Waals surface area contributed by atoms with Gasteiger partial charge in [-0.3, -0.25) is 14.9 Å². The summed E-state index contributed by atoms with van der Waals surface area (Å²) in [5, 5.41) is 19.1. The highest BCUT2D eigenvalue weighted by atomic mass is 32.2. The standard InChI is InChI=1S/C11H13NO4S/c1-7-5-9(12(15)16)3-4-10(7)17-8(2)6-11(13)14/h3-5,8H,6H2,1-2H3,(H,13,14). The lowest BCUT2D eigenvalue weighted by Gasteiger charge is -2.10. The molecule has 1 N–H and O–H groups in total. The summed E-state index contributed by atoms with van der Waals surface area (Å²) in [4.78, 5) is 21.5. The Morgan fingerprint density at radius 2 is 2.24 bits per heavy atom. The smallest absolute Gasteiger partial charge is 0.304 e. The Kier molecular flexibility index (Phi) is 4.51. The molecule has 0 spiro atoms. The molecule has 0 bridgehead atoms. The number of thioether (sulfide) groups is 1. The van der Waals surface area contributed by atoms with E-state index in [1.807, 2.05) is 6.92 Å². The molecule has 0 heterocycles. The molecule has 0 saturated heterocycles. The first-order valence-corrected chi connectivity index (χ1v) is 5.91. The molecule has 0 aliphatic rings. The molecule has 0 aliphatic carbocycles. The van der Waals surface area contributed by atoms with Crippen LogP contribution in [0.5, 0.6) is 0 Å². The highest BCUT2D eigenvalue weighted by Gasteiger charge is 2.13. The monoisotopic (exact) mass is 255 g/mol. The predicted octanol–water partition coefficient (Wildman–Crippen LogP) is 2.86. The van der Waals surface area contributed by atoms with Gasteiger partial charge in [0, 0.05) is 22.3 Å². The number of carboxylic acids is 1. The number of rotatable bonds is 5. The molecule has 0 radical (unpaired) electrons. The number of nitro benzene ring substituents is 1. The zero-order chi connectivity index (χ0) is 13.0. The normalized spacial score (nSPS) is 12.1. The third-order valence-electron chi connectivity index (χ3n) is 2.16. The van der Waals surface area contributed by atoms with Crippen molar-refractivity contribution in [3.8, 4) is 0 Å². The number of aryl methyl sites for hydroxylation is 1. The number of nitro groups is 1. The summed E-state index contributed by atoms with van der Waals surface area (Å²) in [6, 6.07) is 4.59. The van der Waals surface area contributed by atoms with Crippen molar-refractivity contribution in [1.29, 1.82) is 0 Å². The van der Waals surface area contributed by atoms with Crippen LogP contribution in [0.4, 0.5) is 5.69 Å². The number of hydrogen-bond donors (Lipinski definition) is 1. The molecule has 1 aromatic rings.